The fourth-order valence-electron chi connectivity index (χ4n) is 3.07. The summed E-state index contributed by atoms with van der Waals surface area (Å²) in [4.78, 5) is 11.5. The van der Waals surface area contributed by atoms with Crippen LogP contribution < -0.4 is 11.1 Å². The maximum atomic E-state index is 11.5. The molecule has 2 aromatic carbocycles. The summed E-state index contributed by atoms with van der Waals surface area (Å²) in [6, 6.07) is 16.2. The minimum Gasteiger partial charge on any atom is -0.392 e. The summed E-state index contributed by atoms with van der Waals surface area (Å²) in [7, 11) is 0. The van der Waals surface area contributed by atoms with Crippen LogP contribution in [0, 0.1) is 0 Å². The molecule has 1 amide bonds. The van der Waals surface area contributed by atoms with Crippen LogP contribution in [0.25, 0.3) is 0 Å². The monoisotopic (exact) mass is 296 g/mol. The molecule has 0 saturated heterocycles. The Kier molecular flexibility index (Phi) is 4.22. The molecule has 0 bridgehead atoms. The average Bonchev–Trinajstić information content (AvgIpc) is 2.83. The smallest absolute Gasteiger partial charge is 0.227 e. The standard InChI is InChI=1S/C18H20N2O2/c19-18(22)17-15-8-13(6-7-14(15)9-16(17)21)11-20-10-12-4-2-1-3-5-12/h1-8,16-17,20-21H,9-11H2,(H2,19,22)/t16-,17-/m1/s1. The predicted octanol–water partition coefficient (Wildman–Crippen LogP) is 1.46. The average molecular weight is 296 g/mol. The van der Waals surface area contributed by atoms with Gasteiger partial charge < -0.3 is 16.2 Å². The van der Waals surface area contributed by atoms with Gasteiger partial charge in [0.05, 0.1) is 12.0 Å². The van der Waals surface area contributed by atoms with Crippen LogP contribution in [0.3, 0.4) is 0 Å². The Bertz CT molecular complexity index is 670. The molecule has 0 aliphatic heterocycles. The van der Waals surface area contributed by atoms with Crippen LogP contribution in [0.5, 0.6) is 0 Å². The number of hydrogen-bond acceptors (Lipinski definition) is 3. The predicted molar refractivity (Wildman–Crippen MR) is 85.1 cm³/mol. The molecule has 0 fully saturated rings. The second-order valence-electron chi connectivity index (χ2n) is 5.77. The largest absolute Gasteiger partial charge is 0.392 e. The topological polar surface area (TPSA) is 75.4 Å². The van der Waals surface area contributed by atoms with Crippen LogP contribution in [0.15, 0.2) is 48.5 Å². The van der Waals surface area contributed by atoms with E-state index in [1.54, 1.807) is 0 Å². The molecule has 22 heavy (non-hydrogen) atoms. The fraction of sp³-hybridized carbons (Fsp3) is 0.278. The number of primary amides is 1. The fourth-order valence-corrected chi connectivity index (χ4v) is 3.07. The number of nitrogens with two attached hydrogens (primary N) is 1. The molecule has 1 aliphatic rings. The van der Waals surface area contributed by atoms with Crippen molar-refractivity contribution in [1.29, 1.82) is 0 Å². The van der Waals surface area contributed by atoms with Crippen LogP contribution in [-0.4, -0.2) is 17.1 Å². The first-order chi connectivity index (χ1) is 10.6. The van der Waals surface area contributed by atoms with Gasteiger partial charge in [-0.1, -0.05) is 48.5 Å². The zero-order chi connectivity index (χ0) is 15.5. The van der Waals surface area contributed by atoms with Crippen molar-refractivity contribution in [3.63, 3.8) is 0 Å². The van der Waals surface area contributed by atoms with E-state index in [1.807, 2.05) is 36.4 Å². The minimum atomic E-state index is -0.694. The minimum absolute atomic E-state index is 0.458. The van der Waals surface area contributed by atoms with E-state index in [4.69, 9.17) is 5.73 Å². The molecule has 2 atom stereocenters. The molecule has 0 spiro atoms. The number of fused-ring (bicyclic) bond motifs is 1. The normalized spacial score (nSPS) is 19.9. The summed E-state index contributed by atoms with van der Waals surface area (Å²) in [6.07, 6.45) is -0.194. The van der Waals surface area contributed by atoms with Gasteiger partial charge in [0.2, 0.25) is 5.91 Å². The van der Waals surface area contributed by atoms with E-state index in [0.29, 0.717) is 13.0 Å². The van der Waals surface area contributed by atoms with E-state index in [9.17, 15) is 9.90 Å². The maximum Gasteiger partial charge on any atom is 0.227 e. The number of nitrogens with one attached hydrogen (secondary N) is 1. The van der Waals surface area contributed by atoms with Crippen LogP contribution in [0.2, 0.25) is 0 Å². The van der Waals surface area contributed by atoms with Crippen molar-refractivity contribution in [3.05, 3.63) is 70.8 Å². The zero-order valence-corrected chi connectivity index (χ0v) is 12.3. The van der Waals surface area contributed by atoms with Gasteiger partial charge in [0.1, 0.15) is 0 Å². The molecular formula is C18H20N2O2. The highest BCUT2D eigenvalue weighted by Crippen LogP contribution is 2.33. The van der Waals surface area contributed by atoms with Crippen molar-refractivity contribution in [3.8, 4) is 0 Å². The number of aliphatic hydroxyl groups excluding tert-OH is 1. The first-order valence-corrected chi connectivity index (χ1v) is 7.49. The SMILES string of the molecule is NC(=O)[C@@H]1c2cc(CNCc3ccccc3)ccc2C[C@H]1O. The molecule has 0 heterocycles. The lowest BCUT2D eigenvalue weighted by molar-refractivity contribution is -0.121. The summed E-state index contributed by atoms with van der Waals surface area (Å²) in [5.74, 6) is -1.04. The van der Waals surface area contributed by atoms with E-state index >= 15 is 0 Å². The van der Waals surface area contributed by atoms with Gasteiger partial charge in [-0.25, -0.2) is 0 Å². The molecule has 0 aromatic heterocycles. The van der Waals surface area contributed by atoms with Gasteiger partial charge >= 0.3 is 0 Å². The number of rotatable bonds is 5. The van der Waals surface area contributed by atoms with Gasteiger partial charge in [-0.05, 0) is 28.7 Å². The van der Waals surface area contributed by atoms with Crippen molar-refractivity contribution in [1.82, 2.24) is 5.32 Å². The Morgan fingerprint density at radius 3 is 2.59 bits per heavy atom. The van der Waals surface area contributed by atoms with Gasteiger partial charge in [-0.3, -0.25) is 4.79 Å². The summed E-state index contributed by atoms with van der Waals surface area (Å²) < 4.78 is 0. The third-order valence-electron chi connectivity index (χ3n) is 4.17. The molecule has 0 unspecified atom stereocenters. The lowest BCUT2D eigenvalue weighted by Gasteiger charge is -2.12. The third-order valence-corrected chi connectivity index (χ3v) is 4.17. The van der Waals surface area contributed by atoms with Crippen LogP contribution >= 0.6 is 0 Å². The third kappa shape index (κ3) is 3.03. The summed E-state index contributed by atoms with van der Waals surface area (Å²) in [6.45, 7) is 1.50. The Hall–Kier alpha value is -2.17. The number of carbonyl (C=O) groups is 1. The molecule has 0 radical (unpaired) electrons. The second kappa shape index (κ2) is 6.30. The van der Waals surface area contributed by atoms with E-state index in [-0.39, 0.29) is 0 Å². The first kappa shape index (κ1) is 14.8. The lowest BCUT2D eigenvalue weighted by Crippen LogP contribution is -2.28. The van der Waals surface area contributed by atoms with Crippen LogP contribution in [0.1, 0.15) is 28.2 Å². The van der Waals surface area contributed by atoms with Crippen molar-refractivity contribution in [2.75, 3.05) is 0 Å². The van der Waals surface area contributed by atoms with E-state index in [0.717, 1.165) is 23.2 Å². The van der Waals surface area contributed by atoms with Crippen LogP contribution in [-0.2, 0) is 24.3 Å². The molecule has 0 saturated carbocycles. The molecular weight excluding hydrogens is 276 g/mol. The zero-order valence-electron chi connectivity index (χ0n) is 12.3. The number of hydrogen-bond donors (Lipinski definition) is 3. The van der Waals surface area contributed by atoms with E-state index in [1.165, 1.54) is 5.56 Å². The van der Waals surface area contributed by atoms with Crippen LogP contribution in [0.4, 0.5) is 0 Å². The molecule has 2 aromatic rings. The Balaban J connectivity index is 1.68. The molecule has 1 aliphatic carbocycles. The Labute approximate surface area is 130 Å². The molecule has 3 rings (SSSR count). The lowest BCUT2D eigenvalue weighted by atomic mass is 9.97. The van der Waals surface area contributed by atoms with Gasteiger partial charge in [0.15, 0.2) is 0 Å². The maximum absolute atomic E-state index is 11.5. The van der Waals surface area contributed by atoms with Crippen molar-refractivity contribution in [2.24, 2.45) is 5.73 Å². The first-order valence-electron chi connectivity index (χ1n) is 7.49. The molecule has 114 valence electrons. The summed E-state index contributed by atoms with van der Waals surface area (Å²) in [5, 5.41) is 13.4. The van der Waals surface area contributed by atoms with Gasteiger partial charge in [-0.2, -0.15) is 0 Å². The van der Waals surface area contributed by atoms with Crippen molar-refractivity contribution in [2.45, 2.75) is 31.5 Å². The number of carbonyl (C=O) groups excluding carboxylic acids is 1. The number of aliphatic hydroxyl groups is 1. The second-order valence-corrected chi connectivity index (χ2v) is 5.77. The quantitative estimate of drug-likeness (QED) is 0.782. The molecule has 4 nitrogen and oxygen atoms in total. The van der Waals surface area contributed by atoms with E-state index < -0.39 is 17.9 Å². The number of benzene rings is 2. The highest BCUT2D eigenvalue weighted by Gasteiger charge is 2.35. The molecule has 4 N–H and O–H groups in total. The van der Waals surface area contributed by atoms with E-state index in [2.05, 4.69) is 17.4 Å². The summed E-state index contributed by atoms with van der Waals surface area (Å²) in [5.41, 5.74) is 9.63. The highest BCUT2D eigenvalue weighted by molar-refractivity contribution is 5.84. The van der Waals surface area contributed by atoms with Gasteiger partial charge in [-0.15, -0.1) is 0 Å². The van der Waals surface area contributed by atoms with Gasteiger partial charge in [0, 0.05) is 13.1 Å². The highest BCUT2D eigenvalue weighted by atomic mass is 16.3. The summed E-state index contributed by atoms with van der Waals surface area (Å²) >= 11 is 0. The van der Waals surface area contributed by atoms with Crippen molar-refractivity contribution >= 4 is 5.91 Å². The Morgan fingerprint density at radius 1 is 1.14 bits per heavy atom. The Morgan fingerprint density at radius 2 is 1.86 bits per heavy atom. The number of amides is 1. The van der Waals surface area contributed by atoms with Gasteiger partial charge in [0.25, 0.3) is 0 Å². The molecule has 4 heteroatoms. The van der Waals surface area contributed by atoms with Crippen molar-refractivity contribution < 1.29 is 9.90 Å².